The number of benzene rings is 1. The van der Waals surface area contributed by atoms with E-state index in [1.165, 1.54) is 18.6 Å². The fourth-order valence-corrected chi connectivity index (χ4v) is 3.58. The van der Waals surface area contributed by atoms with Gasteiger partial charge in [0.15, 0.2) is 0 Å². The normalized spacial score (nSPS) is 26.9. The highest BCUT2D eigenvalue weighted by Gasteiger charge is 2.32. The Morgan fingerprint density at radius 1 is 1.14 bits per heavy atom. The van der Waals surface area contributed by atoms with Gasteiger partial charge in [0, 0.05) is 37.8 Å². The van der Waals surface area contributed by atoms with Crippen LogP contribution in [0.4, 0.5) is 4.39 Å². The average molecular weight is 306 g/mol. The summed E-state index contributed by atoms with van der Waals surface area (Å²) >= 11 is 0. The van der Waals surface area contributed by atoms with Gasteiger partial charge in [0.2, 0.25) is 0 Å². The van der Waals surface area contributed by atoms with Crippen molar-refractivity contribution in [3.63, 3.8) is 0 Å². The topological polar surface area (TPSA) is 43.8 Å². The van der Waals surface area contributed by atoms with Gasteiger partial charge in [-0.05, 0) is 31.0 Å². The molecule has 1 aliphatic carbocycles. The lowest BCUT2D eigenvalue weighted by molar-refractivity contribution is -0.00173. The van der Waals surface area contributed by atoms with Gasteiger partial charge in [-0.3, -0.25) is 9.69 Å². The van der Waals surface area contributed by atoms with Gasteiger partial charge in [-0.25, -0.2) is 4.39 Å². The monoisotopic (exact) mass is 306 g/mol. The van der Waals surface area contributed by atoms with Crippen LogP contribution < -0.4 is 0 Å². The molecule has 4 nitrogen and oxygen atoms in total. The number of aliphatic hydroxyl groups is 1. The third-order valence-corrected chi connectivity index (χ3v) is 4.84. The number of carbonyl (C=O) groups excluding carboxylic acids is 1. The molecule has 2 aliphatic rings. The lowest BCUT2D eigenvalue weighted by Crippen LogP contribution is -2.55. The van der Waals surface area contributed by atoms with Crippen LogP contribution in [0.15, 0.2) is 24.3 Å². The maximum Gasteiger partial charge on any atom is 0.254 e. The molecule has 1 aliphatic heterocycles. The third-order valence-electron chi connectivity index (χ3n) is 4.84. The van der Waals surface area contributed by atoms with E-state index in [2.05, 4.69) is 4.90 Å². The summed E-state index contributed by atoms with van der Waals surface area (Å²) in [6.45, 7) is 2.84. The van der Waals surface area contributed by atoms with Crippen molar-refractivity contribution in [2.24, 2.45) is 0 Å². The maximum atomic E-state index is 13.2. The molecule has 1 heterocycles. The third kappa shape index (κ3) is 3.31. The minimum absolute atomic E-state index is 0.108. The van der Waals surface area contributed by atoms with Crippen LogP contribution in [0, 0.1) is 5.82 Å². The molecule has 1 N–H and O–H groups in total. The largest absolute Gasteiger partial charge is 0.391 e. The minimum Gasteiger partial charge on any atom is -0.391 e. The molecule has 2 fully saturated rings. The number of amides is 1. The predicted octanol–water partition coefficient (Wildman–Crippen LogP) is 1.89. The number of hydrogen-bond donors (Lipinski definition) is 1. The summed E-state index contributed by atoms with van der Waals surface area (Å²) in [7, 11) is 0. The summed E-state index contributed by atoms with van der Waals surface area (Å²) < 4.78 is 13.2. The number of aliphatic hydroxyl groups excluding tert-OH is 1. The molecular weight excluding hydrogens is 283 g/mol. The highest BCUT2D eigenvalue weighted by molar-refractivity contribution is 5.94. The van der Waals surface area contributed by atoms with Crippen molar-refractivity contribution in [3.05, 3.63) is 35.6 Å². The van der Waals surface area contributed by atoms with Crippen molar-refractivity contribution in [1.29, 1.82) is 0 Å². The van der Waals surface area contributed by atoms with Gasteiger partial charge in [-0.15, -0.1) is 0 Å². The number of rotatable bonds is 2. The maximum absolute atomic E-state index is 13.2. The van der Waals surface area contributed by atoms with Gasteiger partial charge >= 0.3 is 0 Å². The first-order valence-corrected chi connectivity index (χ1v) is 8.12. The first-order chi connectivity index (χ1) is 10.6. The molecule has 1 aromatic carbocycles. The van der Waals surface area contributed by atoms with Gasteiger partial charge in [0.1, 0.15) is 5.82 Å². The van der Waals surface area contributed by atoms with Gasteiger partial charge < -0.3 is 10.0 Å². The highest BCUT2D eigenvalue weighted by Crippen LogP contribution is 2.24. The molecule has 0 bridgehead atoms. The van der Waals surface area contributed by atoms with Crippen molar-refractivity contribution in [1.82, 2.24) is 9.80 Å². The molecular formula is C17H23FN2O2. The number of halogens is 1. The van der Waals surface area contributed by atoms with Gasteiger partial charge in [0.25, 0.3) is 5.91 Å². The zero-order valence-corrected chi connectivity index (χ0v) is 12.7. The molecule has 5 heteroatoms. The van der Waals surface area contributed by atoms with E-state index >= 15 is 0 Å². The van der Waals surface area contributed by atoms with Crippen molar-refractivity contribution < 1.29 is 14.3 Å². The quantitative estimate of drug-likeness (QED) is 0.907. The molecule has 1 aromatic rings. The molecule has 2 atom stereocenters. The molecule has 3 rings (SSSR count). The number of nitrogens with zero attached hydrogens (tertiary/aromatic N) is 2. The molecule has 22 heavy (non-hydrogen) atoms. The van der Waals surface area contributed by atoms with E-state index < -0.39 is 0 Å². The van der Waals surface area contributed by atoms with E-state index in [1.807, 2.05) is 0 Å². The van der Waals surface area contributed by atoms with Gasteiger partial charge in [0.05, 0.1) is 6.10 Å². The van der Waals surface area contributed by atoms with Crippen LogP contribution >= 0.6 is 0 Å². The van der Waals surface area contributed by atoms with E-state index in [4.69, 9.17) is 0 Å². The smallest absolute Gasteiger partial charge is 0.254 e. The lowest BCUT2D eigenvalue weighted by Gasteiger charge is -2.42. The number of hydrogen-bond acceptors (Lipinski definition) is 3. The summed E-state index contributed by atoms with van der Waals surface area (Å²) in [4.78, 5) is 16.5. The molecule has 1 amide bonds. The minimum atomic E-state index is -0.380. The Kier molecular flexibility index (Phi) is 4.74. The Hall–Kier alpha value is -1.46. The van der Waals surface area contributed by atoms with Crippen LogP contribution in [-0.2, 0) is 0 Å². The highest BCUT2D eigenvalue weighted by atomic mass is 19.1. The predicted molar refractivity (Wildman–Crippen MR) is 82.1 cm³/mol. The fourth-order valence-electron chi connectivity index (χ4n) is 3.58. The summed E-state index contributed by atoms with van der Waals surface area (Å²) in [5.41, 5.74) is 0.408. The molecule has 0 aromatic heterocycles. The first kappa shape index (κ1) is 15.4. The van der Waals surface area contributed by atoms with E-state index in [0.717, 1.165) is 32.4 Å². The number of piperazine rings is 1. The summed E-state index contributed by atoms with van der Waals surface area (Å²) in [5, 5.41) is 10.1. The average Bonchev–Trinajstić information content (AvgIpc) is 2.55. The molecule has 1 saturated heterocycles. The fraction of sp³-hybridized carbons (Fsp3) is 0.588. The Labute approximate surface area is 130 Å². The Bertz CT molecular complexity index is 529. The van der Waals surface area contributed by atoms with Crippen molar-refractivity contribution in [3.8, 4) is 0 Å². The van der Waals surface area contributed by atoms with Gasteiger partial charge in [-0.1, -0.05) is 18.9 Å². The van der Waals surface area contributed by atoms with Crippen LogP contribution in [0.25, 0.3) is 0 Å². The van der Waals surface area contributed by atoms with E-state index in [1.54, 1.807) is 17.0 Å². The number of carbonyl (C=O) groups is 1. The lowest BCUT2D eigenvalue weighted by atomic mass is 9.91. The van der Waals surface area contributed by atoms with Crippen molar-refractivity contribution in [2.75, 3.05) is 26.2 Å². The molecule has 120 valence electrons. The second-order valence-corrected chi connectivity index (χ2v) is 6.26. The van der Waals surface area contributed by atoms with Crippen LogP contribution in [0.2, 0.25) is 0 Å². The van der Waals surface area contributed by atoms with Gasteiger partial charge in [-0.2, -0.15) is 0 Å². The van der Waals surface area contributed by atoms with Crippen LogP contribution in [0.1, 0.15) is 36.0 Å². The molecule has 1 saturated carbocycles. The van der Waals surface area contributed by atoms with Crippen molar-refractivity contribution in [2.45, 2.75) is 37.8 Å². The Balaban J connectivity index is 1.58. The Morgan fingerprint density at radius 2 is 1.86 bits per heavy atom. The molecule has 0 spiro atoms. The second kappa shape index (κ2) is 6.75. The van der Waals surface area contributed by atoms with Crippen LogP contribution in [-0.4, -0.2) is 59.1 Å². The molecule has 0 radical (unpaired) electrons. The van der Waals surface area contributed by atoms with E-state index in [9.17, 15) is 14.3 Å². The zero-order chi connectivity index (χ0) is 15.5. The van der Waals surface area contributed by atoms with E-state index in [0.29, 0.717) is 18.7 Å². The van der Waals surface area contributed by atoms with E-state index in [-0.39, 0.29) is 23.9 Å². The second-order valence-electron chi connectivity index (χ2n) is 6.26. The Morgan fingerprint density at radius 3 is 2.55 bits per heavy atom. The van der Waals surface area contributed by atoms with Crippen LogP contribution in [0.5, 0.6) is 0 Å². The summed E-state index contributed by atoms with van der Waals surface area (Å²) in [5.74, 6) is -0.488. The molecule has 2 unspecified atom stereocenters. The van der Waals surface area contributed by atoms with Crippen molar-refractivity contribution >= 4 is 5.91 Å². The summed E-state index contributed by atoms with van der Waals surface area (Å²) in [6.07, 6.45) is 3.96. The zero-order valence-electron chi connectivity index (χ0n) is 12.7. The summed E-state index contributed by atoms with van der Waals surface area (Å²) in [6, 6.07) is 6.10. The SMILES string of the molecule is O=C(c1cccc(F)c1)N1CCN(C2CCCCC2O)CC1. The first-order valence-electron chi connectivity index (χ1n) is 8.12. The standard InChI is InChI=1S/C17H23FN2O2/c18-14-5-3-4-13(12-14)17(22)20-10-8-19(9-11-20)15-6-1-2-7-16(15)21/h3-5,12,15-16,21H,1-2,6-11H2. The van der Waals surface area contributed by atoms with Crippen LogP contribution in [0.3, 0.4) is 0 Å².